The van der Waals surface area contributed by atoms with E-state index in [1.54, 1.807) is 24.3 Å². The van der Waals surface area contributed by atoms with Gasteiger partial charge in [0, 0.05) is 0 Å². The van der Waals surface area contributed by atoms with E-state index in [0.29, 0.717) is 12.2 Å². The van der Waals surface area contributed by atoms with Crippen LogP contribution in [-0.4, -0.2) is 37.9 Å². The molecule has 0 saturated carbocycles. The number of halogens is 5. The molecule has 1 heterocycles. The van der Waals surface area contributed by atoms with E-state index >= 15 is 0 Å². The third-order valence-corrected chi connectivity index (χ3v) is 3.76. The molecular weight excluding hydrogens is 333 g/mol. The summed E-state index contributed by atoms with van der Waals surface area (Å²) in [5.74, 6) is -4.84. The number of benzene rings is 1. The molecule has 1 N–H and O–H groups in total. The molecular formula is C16H20F5NO2. The third-order valence-electron chi connectivity index (χ3n) is 3.76. The smallest absolute Gasteiger partial charge is 0.373 e. The summed E-state index contributed by atoms with van der Waals surface area (Å²) in [5, 5.41) is 3.24. The monoisotopic (exact) mass is 353 g/mol. The molecule has 1 fully saturated rings. The summed E-state index contributed by atoms with van der Waals surface area (Å²) in [7, 11) is 0. The quantitative estimate of drug-likeness (QED) is 0.759. The fourth-order valence-corrected chi connectivity index (χ4v) is 2.29. The highest BCUT2D eigenvalue weighted by Gasteiger charge is 2.57. The molecule has 0 aromatic heterocycles. The number of alkyl halides is 5. The molecule has 1 aromatic rings. The molecule has 0 atom stereocenters. The Balaban J connectivity index is 1.73. The van der Waals surface area contributed by atoms with Gasteiger partial charge in [0.15, 0.2) is 0 Å². The van der Waals surface area contributed by atoms with Crippen LogP contribution in [0.15, 0.2) is 24.3 Å². The Kier molecular flexibility index (Phi) is 6.54. The summed E-state index contributed by atoms with van der Waals surface area (Å²) < 4.78 is 71.7. The summed E-state index contributed by atoms with van der Waals surface area (Å²) in [4.78, 5) is 0. The van der Waals surface area contributed by atoms with Gasteiger partial charge < -0.3 is 14.8 Å². The lowest BCUT2D eigenvalue weighted by Crippen LogP contribution is -2.40. The SMILES string of the molecule is FC(F)(F)C(F)(F)COCc1ccc(COC2CCNCC2)cc1. The summed E-state index contributed by atoms with van der Waals surface area (Å²) >= 11 is 0. The molecule has 0 amide bonds. The molecule has 1 aliphatic heterocycles. The van der Waals surface area contributed by atoms with Crippen LogP contribution in [0.4, 0.5) is 22.0 Å². The highest BCUT2D eigenvalue weighted by molar-refractivity contribution is 5.21. The summed E-state index contributed by atoms with van der Waals surface area (Å²) in [6.45, 7) is 0.323. The Morgan fingerprint density at radius 1 is 0.917 bits per heavy atom. The van der Waals surface area contributed by atoms with Crippen molar-refractivity contribution < 1.29 is 31.4 Å². The second-order valence-electron chi connectivity index (χ2n) is 5.77. The van der Waals surface area contributed by atoms with Crippen LogP contribution in [0.1, 0.15) is 24.0 Å². The highest BCUT2D eigenvalue weighted by Crippen LogP contribution is 2.35. The zero-order valence-electron chi connectivity index (χ0n) is 13.0. The van der Waals surface area contributed by atoms with Crippen molar-refractivity contribution in [2.75, 3.05) is 19.7 Å². The zero-order valence-corrected chi connectivity index (χ0v) is 13.0. The lowest BCUT2D eigenvalue weighted by atomic mass is 10.1. The Labute approximate surface area is 137 Å². The molecule has 24 heavy (non-hydrogen) atoms. The first-order valence-corrected chi connectivity index (χ1v) is 7.70. The van der Waals surface area contributed by atoms with Gasteiger partial charge in [-0.2, -0.15) is 22.0 Å². The minimum atomic E-state index is -5.59. The topological polar surface area (TPSA) is 30.5 Å². The van der Waals surface area contributed by atoms with Crippen LogP contribution in [0.25, 0.3) is 0 Å². The van der Waals surface area contributed by atoms with Gasteiger partial charge >= 0.3 is 12.1 Å². The lowest BCUT2D eigenvalue weighted by Gasteiger charge is -2.23. The average Bonchev–Trinajstić information content (AvgIpc) is 2.54. The molecule has 1 aromatic carbocycles. The standard InChI is InChI=1S/C16H20F5NO2/c17-15(18,16(19,20)21)11-23-9-12-1-3-13(4-2-12)10-24-14-5-7-22-8-6-14/h1-4,14,22H,5-11H2. The number of ether oxygens (including phenoxy) is 2. The first kappa shape index (κ1) is 19.1. The maximum atomic E-state index is 12.7. The van der Waals surface area contributed by atoms with Gasteiger partial charge in [-0.1, -0.05) is 24.3 Å². The summed E-state index contributed by atoms with van der Waals surface area (Å²) in [6, 6.07) is 6.77. The van der Waals surface area contributed by atoms with E-state index in [1.807, 2.05) is 0 Å². The minimum Gasteiger partial charge on any atom is -0.373 e. The van der Waals surface area contributed by atoms with Gasteiger partial charge in [-0.3, -0.25) is 0 Å². The predicted molar refractivity (Wildman–Crippen MR) is 77.8 cm³/mol. The van der Waals surface area contributed by atoms with Gasteiger partial charge in [0.05, 0.1) is 19.3 Å². The fraction of sp³-hybridized carbons (Fsp3) is 0.625. The van der Waals surface area contributed by atoms with E-state index in [4.69, 9.17) is 4.74 Å². The molecule has 0 bridgehead atoms. The lowest BCUT2D eigenvalue weighted by molar-refractivity contribution is -0.297. The van der Waals surface area contributed by atoms with Crippen molar-refractivity contribution in [3.05, 3.63) is 35.4 Å². The Morgan fingerprint density at radius 3 is 2.00 bits per heavy atom. The average molecular weight is 353 g/mol. The normalized spacial score (nSPS) is 17.2. The Morgan fingerprint density at radius 2 is 1.46 bits per heavy atom. The van der Waals surface area contributed by atoms with Crippen molar-refractivity contribution in [2.45, 2.75) is 44.3 Å². The maximum absolute atomic E-state index is 12.7. The largest absolute Gasteiger partial charge is 0.455 e. The van der Waals surface area contributed by atoms with E-state index in [0.717, 1.165) is 31.5 Å². The number of hydrogen-bond acceptors (Lipinski definition) is 3. The number of rotatable bonds is 7. The second kappa shape index (κ2) is 8.22. The van der Waals surface area contributed by atoms with E-state index < -0.39 is 18.7 Å². The maximum Gasteiger partial charge on any atom is 0.455 e. The summed E-state index contributed by atoms with van der Waals surface area (Å²) in [5.41, 5.74) is 1.44. The molecule has 1 saturated heterocycles. The van der Waals surface area contributed by atoms with Crippen molar-refractivity contribution in [3.8, 4) is 0 Å². The molecule has 8 heteroatoms. The van der Waals surface area contributed by atoms with Crippen LogP contribution in [0, 0.1) is 0 Å². The van der Waals surface area contributed by atoms with Crippen molar-refractivity contribution in [3.63, 3.8) is 0 Å². The van der Waals surface area contributed by atoms with Crippen LogP contribution in [-0.2, 0) is 22.7 Å². The van der Waals surface area contributed by atoms with E-state index in [2.05, 4.69) is 10.1 Å². The van der Waals surface area contributed by atoms with Crippen molar-refractivity contribution in [1.82, 2.24) is 5.32 Å². The molecule has 2 rings (SSSR count). The van der Waals surface area contributed by atoms with Crippen molar-refractivity contribution >= 4 is 0 Å². The number of piperidine rings is 1. The zero-order chi connectivity index (χ0) is 17.6. The van der Waals surface area contributed by atoms with Crippen LogP contribution >= 0.6 is 0 Å². The Hall–Kier alpha value is -1.25. The van der Waals surface area contributed by atoms with Crippen LogP contribution in [0.3, 0.4) is 0 Å². The van der Waals surface area contributed by atoms with Crippen molar-refractivity contribution in [2.24, 2.45) is 0 Å². The first-order chi connectivity index (χ1) is 11.3. The van der Waals surface area contributed by atoms with Crippen LogP contribution in [0.2, 0.25) is 0 Å². The molecule has 0 aliphatic carbocycles. The number of nitrogens with one attached hydrogen (secondary N) is 1. The highest BCUT2D eigenvalue weighted by atomic mass is 19.4. The summed E-state index contributed by atoms with van der Waals surface area (Å²) in [6.07, 6.45) is -3.46. The van der Waals surface area contributed by atoms with E-state index in [-0.39, 0.29) is 12.7 Å². The van der Waals surface area contributed by atoms with Gasteiger partial charge in [0.1, 0.15) is 6.61 Å². The molecule has 0 unspecified atom stereocenters. The molecule has 3 nitrogen and oxygen atoms in total. The second-order valence-corrected chi connectivity index (χ2v) is 5.77. The van der Waals surface area contributed by atoms with Gasteiger partial charge in [0.25, 0.3) is 0 Å². The Bertz CT molecular complexity index is 498. The number of hydrogen-bond donors (Lipinski definition) is 1. The van der Waals surface area contributed by atoms with Gasteiger partial charge in [-0.05, 0) is 37.1 Å². The van der Waals surface area contributed by atoms with Gasteiger partial charge in [-0.25, -0.2) is 0 Å². The molecule has 0 spiro atoms. The molecule has 136 valence electrons. The predicted octanol–water partition coefficient (Wildman–Crippen LogP) is 3.67. The first-order valence-electron chi connectivity index (χ1n) is 7.70. The van der Waals surface area contributed by atoms with Crippen LogP contribution in [0.5, 0.6) is 0 Å². The van der Waals surface area contributed by atoms with Gasteiger partial charge in [-0.15, -0.1) is 0 Å². The minimum absolute atomic E-state index is 0.221. The van der Waals surface area contributed by atoms with E-state index in [9.17, 15) is 22.0 Å². The fourth-order valence-electron chi connectivity index (χ4n) is 2.29. The molecule has 0 radical (unpaired) electrons. The van der Waals surface area contributed by atoms with Crippen LogP contribution < -0.4 is 5.32 Å². The van der Waals surface area contributed by atoms with Gasteiger partial charge in [0.2, 0.25) is 0 Å². The molecule has 1 aliphatic rings. The van der Waals surface area contributed by atoms with E-state index in [1.165, 1.54) is 0 Å². The van der Waals surface area contributed by atoms with Crippen molar-refractivity contribution in [1.29, 1.82) is 0 Å². The third kappa shape index (κ3) is 5.68.